The third-order valence-corrected chi connectivity index (χ3v) is 27.6. The number of benzene rings is 15. The van der Waals surface area contributed by atoms with Crippen LogP contribution in [0.3, 0.4) is 0 Å². The third-order valence-electron chi connectivity index (χ3n) is 23.0. The summed E-state index contributed by atoms with van der Waals surface area (Å²) in [7, 11) is 0. The number of hydrogen-bond acceptors (Lipinski definition) is 14. The van der Waals surface area contributed by atoms with E-state index in [1.807, 2.05) is 100 Å². The van der Waals surface area contributed by atoms with Crippen molar-refractivity contribution in [2.24, 2.45) is 0 Å². The van der Waals surface area contributed by atoms with Crippen LogP contribution in [-0.2, 0) is 0 Å². The second-order valence-corrected chi connectivity index (χ2v) is 34.3. The molecule has 0 N–H and O–H groups in total. The fourth-order valence-corrected chi connectivity index (χ4v) is 22.1. The molecule has 10 nitrogen and oxygen atoms in total. The monoisotopic (exact) mass is 1600 g/mol. The molecule has 0 unspecified atom stereocenters. The standard InChI is InChI=1S/C39H21N3S2.C34H20N2S.C33H19N5S/c1-2-11-25-24(10-1)35-30(18-20-34-36(35)27-13-5-8-16-32(27)44-34)40-38(25)39-41-29-14-6-3-12-26(29)37(42-39)22-17-19-33-28(21-22)23-9-4-7-15-31(23)43-33;1-2-10-21(11-3-1)33-25-14-6-8-16-28(25)35-34(36-33)27-20-22-18-19-30-32(26-15-7-9-17-29(26)37-30)31(22)24-13-5-4-12-23(24)27;1-2-10-23-22(9-1)29-26(13-14-28-30(29)24-11-3-4-12-27(24)39-28)37-32(23)25-19-36-33(21-8-6-16-35-18-21)38-31(25)20-7-5-15-34-17-20/h1-21H;1-20H;1-19H. The molecule has 0 atom stereocenters. The van der Waals surface area contributed by atoms with Gasteiger partial charge in [0.15, 0.2) is 17.5 Å². The summed E-state index contributed by atoms with van der Waals surface area (Å²) in [6, 6.07) is 117. The van der Waals surface area contributed by atoms with Crippen LogP contribution in [0.2, 0.25) is 0 Å². The Labute approximate surface area is 701 Å². The summed E-state index contributed by atoms with van der Waals surface area (Å²) < 4.78 is 10.3. The molecule has 0 spiro atoms. The lowest BCUT2D eigenvalue weighted by molar-refractivity contribution is 1.16. The van der Waals surface area contributed by atoms with E-state index in [0.29, 0.717) is 11.6 Å². The van der Waals surface area contributed by atoms with Gasteiger partial charge in [-0.15, -0.1) is 45.3 Å². The highest BCUT2D eigenvalue weighted by molar-refractivity contribution is 7.27. The lowest BCUT2D eigenvalue weighted by Crippen LogP contribution is -1.99. The van der Waals surface area contributed by atoms with Crippen molar-refractivity contribution < 1.29 is 0 Å². The normalized spacial score (nSPS) is 11.8. The fraction of sp³-hybridized carbons (Fsp3) is 0. The van der Waals surface area contributed by atoms with Crippen LogP contribution in [0.5, 0.6) is 0 Å². The van der Waals surface area contributed by atoms with Gasteiger partial charge in [0.2, 0.25) is 0 Å². The molecule has 558 valence electrons. The summed E-state index contributed by atoms with van der Waals surface area (Å²) in [6.07, 6.45) is 9.02. The molecule has 0 fully saturated rings. The zero-order valence-electron chi connectivity index (χ0n) is 63.7. The maximum absolute atomic E-state index is 5.32. The van der Waals surface area contributed by atoms with E-state index in [2.05, 4.69) is 301 Å². The molecule has 0 aliphatic heterocycles. The molecule has 26 rings (SSSR count). The Kier molecular flexibility index (Phi) is 16.5. The van der Waals surface area contributed by atoms with Gasteiger partial charge in [0.05, 0.1) is 44.8 Å². The van der Waals surface area contributed by atoms with Crippen molar-refractivity contribution >= 4 is 213 Å². The molecule has 0 amide bonds. The van der Waals surface area contributed by atoms with Gasteiger partial charge in [-0.25, -0.2) is 39.9 Å². The largest absolute Gasteiger partial charge is 0.264 e. The van der Waals surface area contributed by atoms with Crippen LogP contribution in [0.25, 0.3) is 247 Å². The number of thiophene rings is 4. The van der Waals surface area contributed by atoms with Gasteiger partial charge in [0.25, 0.3) is 0 Å². The van der Waals surface area contributed by atoms with E-state index >= 15 is 0 Å². The minimum Gasteiger partial charge on any atom is -0.264 e. The van der Waals surface area contributed by atoms with Crippen molar-refractivity contribution in [1.82, 2.24) is 49.8 Å². The summed E-state index contributed by atoms with van der Waals surface area (Å²) in [5.74, 6) is 2.01. The van der Waals surface area contributed by atoms with Gasteiger partial charge in [0, 0.05) is 177 Å². The maximum Gasteiger partial charge on any atom is 0.179 e. The Morgan fingerprint density at radius 1 is 0.183 bits per heavy atom. The van der Waals surface area contributed by atoms with E-state index < -0.39 is 0 Å². The van der Waals surface area contributed by atoms with Gasteiger partial charge >= 0.3 is 0 Å². The number of nitrogens with zero attached hydrogens (tertiary/aromatic N) is 10. The van der Waals surface area contributed by atoms with Crippen LogP contribution in [0.15, 0.2) is 365 Å². The summed E-state index contributed by atoms with van der Waals surface area (Å²) in [5, 5.41) is 24.1. The van der Waals surface area contributed by atoms with E-state index in [1.165, 1.54) is 124 Å². The van der Waals surface area contributed by atoms with Crippen LogP contribution in [-0.4, -0.2) is 49.8 Å². The van der Waals surface area contributed by atoms with E-state index in [0.717, 1.165) is 111 Å². The Morgan fingerprint density at radius 2 is 0.600 bits per heavy atom. The third kappa shape index (κ3) is 11.5. The summed E-state index contributed by atoms with van der Waals surface area (Å²) in [6.45, 7) is 0. The Balaban J connectivity index is 0.000000103. The molecular formula is C106H60N10S4. The molecule has 0 saturated heterocycles. The van der Waals surface area contributed by atoms with Crippen molar-refractivity contribution in [3.8, 4) is 79.3 Å². The number of pyridine rings is 4. The van der Waals surface area contributed by atoms with Crippen molar-refractivity contribution in [2.75, 3.05) is 0 Å². The Morgan fingerprint density at radius 3 is 1.19 bits per heavy atom. The highest BCUT2D eigenvalue weighted by Crippen LogP contribution is 2.49. The number of rotatable bonds is 7. The highest BCUT2D eigenvalue weighted by Gasteiger charge is 2.25. The van der Waals surface area contributed by atoms with E-state index in [1.54, 1.807) is 18.6 Å². The van der Waals surface area contributed by atoms with Crippen LogP contribution < -0.4 is 0 Å². The second kappa shape index (κ2) is 28.5. The average molecular weight is 1600 g/mol. The fourth-order valence-electron chi connectivity index (χ4n) is 17.7. The first kappa shape index (κ1) is 69.4. The topological polar surface area (TPSA) is 129 Å². The molecule has 120 heavy (non-hydrogen) atoms. The summed E-state index contributed by atoms with van der Waals surface area (Å²) >= 11 is 7.36. The van der Waals surface area contributed by atoms with E-state index in [4.69, 9.17) is 39.9 Å². The first-order valence-electron chi connectivity index (χ1n) is 39.7. The predicted molar refractivity (Wildman–Crippen MR) is 507 cm³/mol. The van der Waals surface area contributed by atoms with Crippen molar-refractivity contribution in [1.29, 1.82) is 0 Å². The lowest BCUT2D eigenvalue weighted by atomic mass is 9.93. The minimum absolute atomic E-state index is 0.613. The van der Waals surface area contributed by atoms with Crippen LogP contribution >= 0.6 is 45.3 Å². The second-order valence-electron chi connectivity index (χ2n) is 29.9. The van der Waals surface area contributed by atoms with Gasteiger partial charge in [-0.1, -0.05) is 224 Å². The number of aromatic nitrogens is 10. The molecule has 15 aromatic carbocycles. The smallest absolute Gasteiger partial charge is 0.179 e. The Bertz CT molecular complexity index is 8710. The van der Waals surface area contributed by atoms with Gasteiger partial charge in [0.1, 0.15) is 5.69 Å². The van der Waals surface area contributed by atoms with Crippen LogP contribution in [0.1, 0.15) is 0 Å². The molecule has 11 heterocycles. The first-order valence-corrected chi connectivity index (χ1v) is 43.0. The maximum atomic E-state index is 5.32. The number of para-hydroxylation sites is 2. The van der Waals surface area contributed by atoms with E-state index in [-0.39, 0.29) is 0 Å². The zero-order chi connectivity index (χ0) is 78.9. The highest BCUT2D eigenvalue weighted by atomic mass is 32.1. The molecule has 0 aliphatic rings. The van der Waals surface area contributed by atoms with Crippen LogP contribution in [0.4, 0.5) is 0 Å². The SMILES string of the molecule is c1ccc(-c2nc(-c3cc4ccc5sc6ccccc6c5c4c4ccccc34)nc3ccccc23)cc1.c1ccc2c(-c3ccc4sc5ccccc5c4c3)nc(-c3nc4ccc5sc6ccccc6c5c4c4ccccc34)nc2c1.c1cncc(-c2ncc(-c3nc4ccc5sc6ccccc6c5c4c4ccccc34)c(-c3cccnc3)n2)c1. The van der Waals surface area contributed by atoms with Crippen LogP contribution in [0, 0.1) is 0 Å². The Hall–Kier alpha value is -14.9. The quantitative estimate of drug-likeness (QED) is 0.142. The molecule has 0 saturated carbocycles. The summed E-state index contributed by atoms with van der Waals surface area (Å²) in [5.41, 5.74) is 14.0. The van der Waals surface area contributed by atoms with Gasteiger partial charge < -0.3 is 0 Å². The zero-order valence-corrected chi connectivity index (χ0v) is 67.0. The van der Waals surface area contributed by atoms with Gasteiger partial charge in [-0.05, 0) is 142 Å². The van der Waals surface area contributed by atoms with Gasteiger partial charge in [-0.3, -0.25) is 9.97 Å². The lowest BCUT2D eigenvalue weighted by Gasteiger charge is -2.14. The summed E-state index contributed by atoms with van der Waals surface area (Å²) in [4.78, 5) is 49.7. The number of hydrogen-bond donors (Lipinski definition) is 0. The van der Waals surface area contributed by atoms with Gasteiger partial charge in [-0.2, -0.15) is 0 Å². The minimum atomic E-state index is 0.613. The predicted octanol–water partition coefficient (Wildman–Crippen LogP) is 29.4. The molecule has 11 aromatic heterocycles. The molecule has 14 heteroatoms. The average Bonchev–Trinajstić information content (AvgIpc) is 1.42. The molecule has 0 radical (unpaired) electrons. The molecule has 0 aliphatic carbocycles. The van der Waals surface area contributed by atoms with Crippen molar-refractivity contribution in [2.45, 2.75) is 0 Å². The number of fused-ring (bicyclic) bond motifs is 26. The van der Waals surface area contributed by atoms with Crippen molar-refractivity contribution in [3.05, 3.63) is 365 Å². The molecular weight excluding hydrogens is 1540 g/mol. The van der Waals surface area contributed by atoms with Crippen molar-refractivity contribution in [3.63, 3.8) is 0 Å². The molecule has 26 aromatic rings. The van der Waals surface area contributed by atoms with E-state index in [9.17, 15) is 0 Å². The first-order chi connectivity index (χ1) is 59.5. The molecule has 0 bridgehead atoms.